The number of alkyl halides is 3. The highest BCUT2D eigenvalue weighted by atomic mass is 19.4. The summed E-state index contributed by atoms with van der Waals surface area (Å²) in [4.78, 5) is 35.6. The van der Waals surface area contributed by atoms with Crippen molar-refractivity contribution in [3.63, 3.8) is 0 Å². The van der Waals surface area contributed by atoms with E-state index < -0.39 is 29.7 Å². The normalized spacial score (nSPS) is 20.0. The van der Waals surface area contributed by atoms with Crippen LogP contribution in [0.5, 0.6) is 17.2 Å². The maximum atomic E-state index is 13.0. The van der Waals surface area contributed by atoms with Gasteiger partial charge in [-0.05, 0) is 18.2 Å². The number of aromatic nitrogens is 2. The number of urea groups is 1. The zero-order valence-electron chi connectivity index (χ0n) is 19.3. The first-order valence-corrected chi connectivity index (χ1v) is 11.0. The third-order valence-electron chi connectivity index (χ3n) is 6.30. The van der Waals surface area contributed by atoms with Crippen molar-refractivity contribution < 1.29 is 37.0 Å². The van der Waals surface area contributed by atoms with Gasteiger partial charge in [0, 0.05) is 42.7 Å². The molecule has 2 aliphatic rings. The first kappa shape index (κ1) is 23.6. The van der Waals surface area contributed by atoms with Crippen molar-refractivity contribution >= 4 is 28.5 Å². The van der Waals surface area contributed by atoms with E-state index in [1.807, 2.05) is 0 Å². The van der Waals surface area contributed by atoms with Crippen molar-refractivity contribution in [2.24, 2.45) is 0 Å². The molecular formula is C24H21F3N4O5. The van der Waals surface area contributed by atoms with E-state index in [2.05, 4.69) is 9.97 Å². The number of rotatable bonds is 6. The molecule has 0 N–H and O–H groups in total. The molecule has 5 rings (SSSR count). The Morgan fingerprint density at radius 1 is 1.00 bits per heavy atom. The minimum Gasteiger partial charge on any atom is -0.493 e. The lowest BCUT2D eigenvalue weighted by Gasteiger charge is -2.39. The van der Waals surface area contributed by atoms with Crippen LogP contribution in [0.3, 0.4) is 0 Å². The van der Waals surface area contributed by atoms with Gasteiger partial charge in [0.15, 0.2) is 11.5 Å². The second-order valence-corrected chi connectivity index (χ2v) is 8.46. The van der Waals surface area contributed by atoms with Gasteiger partial charge in [0.05, 0.1) is 37.2 Å². The zero-order chi connectivity index (χ0) is 25.6. The Hall–Kier alpha value is -4.09. The van der Waals surface area contributed by atoms with Gasteiger partial charge in [-0.15, -0.1) is 0 Å². The van der Waals surface area contributed by atoms with Crippen LogP contribution in [-0.2, 0) is 11.0 Å². The summed E-state index contributed by atoms with van der Waals surface area (Å²) in [6.07, 6.45) is -0.680. The fourth-order valence-corrected chi connectivity index (χ4v) is 4.38. The lowest BCUT2D eigenvalue weighted by Crippen LogP contribution is -2.52. The van der Waals surface area contributed by atoms with Gasteiger partial charge in [0.2, 0.25) is 0 Å². The van der Waals surface area contributed by atoms with Gasteiger partial charge in [0.25, 0.3) is 5.91 Å². The van der Waals surface area contributed by atoms with Crippen molar-refractivity contribution in [1.82, 2.24) is 14.9 Å². The number of halogens is 3. The van der Waals surface area contributed by atoms with Crippen LogP contribution >= 0.6 is 0 Å². The molecule has 1 aliphatic carbocycles. The van der Waals surface area contributed by atoms with E-state index in [4.69, 9.17) is 14.2 Å². The first-order chi connectivity index (χ1) is 17.2. The minimum atomic E-state index is -4.61. The number of carbonyl (C=O) groups excluding carboxylic acids is 2. The maximum absolute atomic E-state index is 13.0. The number of ether oxygens (including phenoxy) is 3. The molecule has 3 heterocycles. The molecule has 2 fully saturated rings. The van der Waals surface area contributed by atoms with E-state index >= 15 is 0 Å². The predicted molar refractivity (Wildman–Crippen MR) is 121 cm³/mol. The van der Waals surface area contributed by atoms with Crippen LogP contribution in [-0.4, -0.2) is 59.7 Å². The highest BCUT2D eigenvalue weighted by Gasteiger charge is 2.47. The van der Waals surface area contributed by atoms with Gasteiger partial charge in [0.1, 0.15) is 18.4 Å². The lowest BCUT2D eigenvalue weighted by molar-refractivity contribution is -0.137. The molecule has 0 unspecified atom stereocenters. The highest BCUT2D eigenvalue weighted by molar-refractivity contribution is 6.12. The Balaban J connectivity index is 1.28. The largest absolute Gasteiger partial charge is 0.493 e. The maximum Gasteiger partial charge on any atom is 0.417 e. The summed E-state index contributed by atoms with van der Waals surface area (Å²) in [5.74, 6) is 1.14. The number of hydrogen-bond acceptors (Lipinski definition) is 7. The third kappa shape index (κ3) is 4.12. The zero-order valence-corrected chi connectivity index (χ0v) is 19.3. The Morgan fingerprint density at radius 2 is 1.72 bits per heavy atom. The Kier molecular flexibility index (Phi) is 5.81. The van der Waals surface area contributed by atoms with Gasteiger partial charge in [-0.3, -0.25) is 24.6 Å². The Bertz CT molecular complexity index is 1340. The van der Waals surface area contributed by atoms with Crippen LogP contribution in [0, 0.1) is 0 Å². The molecule has 3 amide bonds. The number of pyridine rings is 2. The highest BCUT2D eigenvalue weighted by Crippen LogP contribution is 2.39. The fourth-order valence-electron chi connectivity index (χ4n) is 4.38. The number of nitrogens with zero attached hydrogens (tertiary/aromatic N) is 4. The summed E-state index contributed by atoms with van der Waals surface area (Å²) >= 11 is 0. The molecular weight excluding hydrogens is 481 g/mol. The standard InChI is InChI=1S/C24H21F3N4O5/c1-34-20-8-17-18(9-21(20)35-2)29-4-3-19(17)36-16-6-14(7-16)31-22(32)12-30(23(31)33)15-5-13(10-28-11-15)24(25,26)27/h3-5,8-11,14,16H,6-7,12H2,1-2H3/t14-,16-. The molecule has 1 aromatic carbocycles. The van der Waals surface area contributed by atoms with Crippen molar-refractivity contribution in [3.8, 4) is 17.2 Å². The van der Waals surface area contributed by atoms with Crippen molar-refractivity contribution in [2.45, 2.75) is 31.2 Å². The van der Waals surface area contributed by atoms with Gasteiger partial charge in [-0.1, -0.05) is 0 Å². The van der Waals surface area contributed by atoms with Crippen molar-refractivity contribution in [3.05, 3.63) is 48.4 Å². The molecule has 12 heteroatoms. The molecule has 36 heavy (non-hydrogen) atoms. The van der Waals surface area contributed by atoms with Gasteiger partial charge < -0.3 is 14.2 Å². The molecule has 0 spiro atoms. The molecule has 0 bridgehead atoms. The van der Waals surface area contributed by atoms with Crippen LogP contribution in [0.15, 0.2) is 42.9 Å². The molecule has 0 atom stereocenters. The second kappa shape index (κ2) is 8.85. The summed E-state index contributed by atoms with van der Waals surface area (Å²) in [6, 6.07) is 4.95. The minimum absolute atomic E-state index is 0.0783. The average Bonchev–Trinajstić information content (AvgIpc) is 3.13. The predicted octanol–water partition coefficient (Wildman–Crippen LogP) is 4.04. The van der Waals surface area contributed by atoms with E-state index in [9.17, 15) is 22.8 Å². The van der Waals surface area contributed by atoms with Gasteiger partial charge in [-0.25, -0.2) is 4.79 Å². The molecule has 1 saturated carbocycles. The molecule has 1 aliphatic heterocycles. The second-order valence-electron chi connectivity index (χ2n) is 8.46. The van der Waals surface area contributed by atoms with Crippen molar-refractivity contribution in [1.29, 1.82) is 0 Å². The van der Waals surface area contributed by atoms with Gasteiger partial charge >= 0.3 is 12.2 Å². The number of hydrogen-bond donors (Lipinski definition) is 0. The number of fused-ring (bicyclic) bond motifs is 1. The van der Waals surface area contributed by atoms with Crippen molar-refractivity contribution in [2.75, 3.05) is 25.7 Å². The summed E-state index contributed by atoms with van der Waals surface area (Å²) in [5.41, 5.74) is -0.420. The van der Waals surface area contributed by atoms with E-state index in [0.29, 0.717) is 41.8 Å². The van der Waals surface area contributed by atoms with E-state index in [-0.39, 0.29) is 18.3 Å². The van der Waals surface area contributed by atoms with E-state index in [1.165, 1.54) is 14.2 Å². The van der Waals surface area contributed by atoms with Crippen LogP contribution < -0.4 is 19.1 Å². The molecule has 188 valence electrons. The first-order valence-electron chi connectivity index (χ1n) is 11.0. The Morgan fingerprint density at radius 3 is 2.42 bits per heavy atom. The van der Waals surface area contributed by atoms with E-state index in [1.54, 1.807) is 24.4 Å². The number of methoxy groups -OCH3 is 2. The number of anilines is 1. The third-order valence-corrected chi connectivity index (χ3v) is 6.30. The quantitative estimate of drug-likeness (QED) is 0.470. The number of benzene rings is 1. The molecule has 9 nitrogen and oxygen atoms in total. The van der Waals surface area contributed by atoms with E-state index in [0.717, 1.165) is 27.4 Å². The summed E-state index contributed by atoms with van der Waals surface area (Å²) in [7, 11) is 3.06. The monoisotopic (exact) mass is 502 g/mol. The van der Waals surface area contributed by atoms with Crippen LogP contribution in [0.25, 0.3) is 10.9 Å². The van der Waals surface area contributed by atoms with Gasteiger partial charge in [-0.2, -0.15) is 13.2 Å². The number of imide groups is 1. The molecule has 2 aromatic heterocycles. The SMILES string of the molecule is COc1cc2nccc(O[C@H]3C[C@H](N4C(=O)CN(c5cncc(C(F)(F)F)c5)C4=O)C3)c2cc1OC. The molecule has 0 radical (unpaired) electrons. The number of amides is 3. The molecule has 3 aromatic rings. The summed E-state index contributed by atoms with van der Waals surface area (Å²) in [5, 5.41) is 0.718. The molecule has 1 saturated heterocycles. The fraction of sp³-hybridized carbons (Fsp3) is 0.333. The number of carbonyl (C=O) groups is 2. The lowest BCUT2D eigenvalue weighted by atomic mass is 9.88. The topological polar surface area (TPSA) is 94.1 Å². The summed E-state index contributed by atoms with van der Waals surface area (Å²) < 4.78 is 55.9. The van der Waals surface area contributed by atoms with Crippen LogP contribution in [0.4, 0.5) is 23.7 Å². The average molecular weight is 502 g/mol. The Labute approximate surface area is 203 Å². The van der Waals surface area contributed by atoms with Crippen LogP contribution in [0.2, 0.25) is 0 Å². The smallest absolute Gasteiger partial charge is 0.417 e. The van der Waals surface area contributed by atoms with Crippen LogP contribution in [0.1, 0.15) is 18.4 Å². The summed E-state index contributed by atoms with van der Waals surface area (Å²) in [6.45, 7) is -0.347.